The number of hydrogen-bond acceptors (Lipinski definition) is 7. The average Bonchev–Trinajstić information content (AvgIpc) is 3.29. The number of thiophene rings is 1. The summed E-state index contributed by atoms with van der Waals surface area (Å²) in [5.74, 6) is 0.686. The molecule has 4 rings (SSSR count). The van der Waals surface area contributed by atoms with Gasteiger partial charge in [0.05, 0.1) is 11.5 Å². The van der Waals surface area contributed by atoms with Crippen LogP contribution in [0.5, 0.6) is 5.88 Å². The van der Waals surface area contributed by atoms with Crippen LogP contribution in [0.25, 0.3) is 10.2 Å². The molecule has 1 amide bonds. The molecule has 2 aromatic heterocycles. The van der Waals surface area contributed by atoms with Crippen LogP contribution in [0.1, 0.15) is 61.8 Å². The lowest BCUT2D eigenvalue weighted by Gasteiger charge is -2.34. The number of nitrogens with zero attached hydrogens (tertiary/aromatic N) is 4. The minimum atomic E-state index is -0.976. The van der Waals surface area contributed by atoms with Crippen molar-refractivity contribution in [2.45, 2.75) is 76.0 Å². The number of fused-ring (bicyclic) bond motifs is 3. The SMILES string of the molecule is CCN(C(=O)O)C1CCC(Oc2ncnc3sc4c(c23)[C@@H](CC(O)C#N)CC4)CC1. The van der Waals surface area contributed by atoms with Crippen LogP contribution in [-0.4, -0.2) is 56.0 Å². The summed E-state index contributed by atoms with van der Waals surface area (Å²) in [7, 11) is 0. The van der Waals surface area contributed by atoms with Gasteiger partial charge in [-0.2, -0.15) is 5.26 Å². The number of amides is 1. The fraction of sp³-hybridized carbons (Fsp3) is 0.619. The molecule has 2 heterocycles. The summed E-state index contributed by atoms with van der Waals surface area (Å²) >= 11 is 1.64. The highest BCUT2D eigenvalue weighted by Gasteiger charge is 2.33. The number of rotatable bonds is 6. The Hall–Kier alpha value is -2.44. The lowest BCUT2D eigenvalue weighted by atomic mass is 9.92. The number of aliphatic hydroxyl groups is 1. The quantitative estimate of drug-likeness (QED) is 0.671. The number of carboxylic acid groups (broad SMARTS) is 1. The van der Waals surface area contributed by atoms with E-state index < -0.39 is 12.2 Å². The average molecular weight is 431 g/mol. The van der Waals surface area contributed by atoms with E-state index >= 15 is 0 Å². The molecule has 1 saturated carbocycles. The van der Waals surface area contributed by atoms with E-state index in [2.05, 4.69) is 9.97 Å². The third-order valence-electron chi connectivity index (χ3n) is 6.30. The maximum Gasteiger partial charge on any atom is 0.407 e. The largest absolute Gasteiger partial charge is 0.474 e. The Kier molecular flexibility index (Phi) is 6.06. The maximum atomic E-state index is 11.4. The van der Waals surface area contributed by atoms with Crippen molar-refractivity contribution in [2.24, 2.45) is 0 Å². The minimum Gasteiger partial charge on any atom is -0.474 e. The molecule has 0 aliphatic heterocycles. The molecule has 2 aromatic rings. The van der Waals surface area contributed by atoms with E-state index in [9.17, 15) is 15.0 Å². The zero-order chi connectivity index (χ0) is 21.3. The molecule has 0 aromatic carbocycles. The number of ether oxygens (including phenoxy) is 1. The predicted molar refractivity (Wildman–Crippen MR) is 112 cm³/mol. The first-order valence-electron chi connectivity index (χ1n) is 10.5. The first-order chi connectivity index (χ1) is 14.5. The Bertz CT molecular complexity index is 964. The maximum absolute atomic E-state index is 11.4. The van der Waals surface area contributed by atoms with E-state index in [1.54, 1.807) is 11.3 Å². The van der Waals surface area contributed by atoms with E-state index in [1.165, 1.54) is 16.1 Å². The molecule has 0 radical (unpaired) electrons. The van der Waals surface area contributed by atoms with Gasteiger partial charge in [-0.05, 0) is 63.4 Å². The zero-order valence-electron chi connectivity index (χ0n) is 17.0. The van der Waals surface area contributed by atoms with Crippen molar-refractivity contribution in [2.75, 3.05) is 6.54 Å². The lowest BCUT2D eigenvalue weighted by Crippen LogP contribution is -2.42. The van der Waals surface area contributed by atoms with Crippen molar-refractivity contribution >= 4 is 27.6 Å². The second-order valence-electron chi connectivity index (χ2n) is 8.03. The van der Waals surface area contributed by atoms with E-state index in [4.69, 9.17) is 10.00 Å². The molecule has 30 heavy (non-hydrogen) atoms. The van der Waals surface area contributed by atoms with Crippen LogP contribution >= 0.6 is 11.3 Å². The summed E-state index contributed by atoms with van der Waals surface area (Å²) in [6.45, 7) is 2.36. The van der Waals surface area contributed by atoms with Crippen LogP contribution < -0.4 is 4.74 Å². The Morgan fingerprint density at radius 1 is 1.37 bits per heavy atom. The Morgan fingerprint density at radius 3 is 2.80 bits per heavy atom. The standard InChI is InChI=1S/C21H26N4O4S/c1-2-25(21(27)28)13-4-6-15(7-5-13)29-19-18-17-12(9-14(26)10-22)3-8-16(17)30-20(18)24-11-23-19/h11-15,26H,2-9H2,1H3,(H,27,28)/t12-,13?,14?,15?/m1/s1. The number of nitriles is 1. The normalized spacial score (nSPS) is 24.2. The number of hydrogen-bond donors (Lipinski definition) is 2. The molecule has 0 bridgehead atoms. The van der Waals surface area contributed by atoms with Gasteiger partial charge in [-0.3, -0.25) is 0 Å². The molecule has 160 valence electrons. The van der Waals surface area contributed by atoms with Gasteiger partial charge in [-0.1, -0.05) is 0 Å². The van der Waals surface area contributed by atoms with E-state index in [0.717, 1.165) is 54.3 Å². The van der Waals surface area contributed by atoms with Crippen molar-refractivity contribution in [3.8, 4) is 11.9 Å². The zero-order valence-corrected chi connectivity index (χ0v) is 17.8. The predicted octanol–water partition coefficient (Wildman–Crippen LogP) is 3.69. The van der Waals surface area contributed by atoms with Gasteiger partial charge in [0.2, 0.25) is 5.88 Å². The molecule has 2 aliphatic rings. The molecular formula is C21H26N4O4S. The van der Waals surface area contributed by atoms with Crippen molar-refractivity contribution in [3.05, 3.63) is 16.8 Å². The van der Waals surface area contributed by atoms with Crippen LogP contribution in [0.2, 0.25) is 0 Å². The van der Waals surface area contributed by atoms with Crippen LogP contribution in [0, 0.1) is 11.3 Å². The van der Waals surface area contributed by atoms with Gasteiger partial charge >= 0.3 is 6.09 Å². The van der Waals surface area contributed by atoms with Gasteiger partial charge in [0, 0.05) is 17.5 Å². The van der Waals surface area contributed by atoms with Crippen LogP contribution in [0.4, 0.5) is 4.79 Å². The topological polar surface area (TPSA) is 120 Å². The number of aromatic nitrogens is 2. The first-order valence-corrected chi connectivity index (χ1v) is 11.3. The highest BCUT2D eigenvalue weighted by molar-refractivity contribution is 7.19. The molecule has 0 saturated heterocycles. The van der Waals surface area contributed by atoms with E-state index in [0.29, 0.717) is 18.8 Å². The van der Waals surface area contributed by atoms with Crippen LogP contribution in [0.15, 0.2) is 6.33 Å². The fourth-order valence-corrected chi connectivity index (χ4v) is 6.10. The lowest BCUT2D eigenvalue weighted by molar-refractivity contribution is 0.0803. The Labute approximate surface area is 179 Å². The van der Waals surface area contributed by atoms with Gasteiger partial charge < -0.3 is 19.8 Å². The number of aryl methyl sites for hydroxylation is 1. The van der Waals surface area contributed by atoms with Crippen LogP contribution in [-0.2, 0) is 6.42 Å². The van der Waals surface area contributed by atoms with Gasteiger partial charge in [0.15, 0.2) is 0 Å². The second kappa shape index (κ2) is 8.74. The van der Waals surface area contributed by atoms with Gasteiger partial charge in [-0.15, -0.1) is 11.3 Å². The molecule has 9 heteroatoms. The van der Waals surface area contributed by atoms with Crippen LogP contribution in [0.3, 0.4) is 0 Å². The Morgan fingerprint density at radius 2 is 2.13 bits per heavy atom. The fourth-order valence-electron chi connectivity index (χ4n) is 4.87. The third-order valence-corrected chi connectivity index (χ3v) is 7.47. The van der Waals surface area contributed by atoms with E-state index in [1.807, 2.05) is 13.0 Å². The Balaban J connectivity index is 1.52. The molecular weight excluding hydrogens is 404 g/mol. The van der Waals surface area contributed by atoms with Crippen molar-refractivity contribution in [3.63, 3.8) is 0 Å². The summed E-state index contributed by atoms with van der Waals surface area (Å²) in [4.78, 5) is 23.9. The van der Waals surface area contributed by atoms with Crippen molar-refractivity contribution in [1.82, 2.24) is 14.9 Å². The minimum absolute atomic E-state index is 0.00745. The summed E-state index contributed by atoms with van der Waals surface area (Å²) in [6, 6.07) is 1.96. The van der Waals surface area contributed by atoms with Gasteiger partial charge in [0.1, 0.15) is 23.4 Å². The molecule has 8 nitrogen and oxygen atoms in total. The summed E-state index contributed by atoms with van der Waals surface area (Å²) in [6.07, 6.45) is 5.04. The van der Waals surface area contributed by atoms with E-state index in [-0.39, 0.29) is 18.1 Å². The number of aliphatic hydroxyl groups excluding tert-OH is 1. The monoisotopic (exact) mass is 430 g/mol. The molecule has 1 fully saturated rings. The van der Waals surface area contributed by atoms with Gasteiger partial charge in [0.25, 0.3) is 0 Å². The highest BCUT2D eigenvalue weighted by atomic mass is 32.1. The smallest absolute Gasteiger partial charge is 0.407 e. The molecule has 1 unspecified atom stereocenters. The summed E-state index contributed by atoms with van der Waals surface area (Å²) in [5, 5.41) is 29.1. The first kappa shape index (κ1) is 20.8. The van der Waals surface area contributed by atoms with Crippen molar-refractivity contribution in [1.29, 1.82) is 5.26 Å². The molecule has 2 atom stereocenters. The molecule has 0 spiro atoms. The molecule has 2 N–H and O–H groups in total. The van der Waals surface area contributed by atoms with Crippen molar-refractivity contribution < 1.29 is 19.7 Å². The summed E-state index contributed by atoms with van der Waals surface area (Å²) < 4.78 is 6.32. The highest BCUT2D eigenvalue weighted by Crippen LogP contribution is 2.47. The summed E-state index contributed by atoms with van der Waals surface area (Å²) in [5.41, 5.74) is 1.14. The number of carbonyl (C=O) groups is 1. The third kappa shape index (κ3) is 3.94. The molecule has 2 aliphatic carbocycles. The second-order valence-corrected chi connectivity index (χ2v) is 9.11. The van der Waals surface area contributed by atoms with Gasteiger partial charge in [-0.25, -0.2) is 14.8 Å².